The summed E-state index contributed by atoms with van der Waals surface area (Å²) in [4.78, 5) is 35.0. The fourth-order valence-corrected chi connectivity index (χ4v) is 2.87. The van der Waals surface area contributed by atoms with E-state index in [2.05, 4.69) is 10.6 Å². The molecule has 28 heavy (non-hydrogen) atoms. The van der Waals surface area contributed by atoms with Crippen LogP contribution in [0.1, 0.15) is 24.2 Å². The number of nitro benzene ring substituents is 1. The lowest BCUT2D eigenvalue weighted by Gasteiger charge is -2.22. The van der Waals surface area contributed by atoms with Crippen molar-refractivity contribution in [3.63, 3.8) is 0 Å². The van der Waals surface area contributed by atoms with Crippen LogP contribution in [0.3, 0.4) is 0 Å². The van der Waals surface area contributed by atoms with Crippen LogP contribution in [0.2, 0.25) is 10.0 Å². The standard InChI is InChI=1S/C18H16Cl2FN3O4/c1-9(2)16(23-17(25)12-5-3-10(19)7-13(12)20)18(26)22-11-4-6-14(21)15(8-11)24(27)28/h3-9,16H,1-2H3,(H,22,26)(H,23,25)/t16-/m0/s1. The van der Waals surface area contributed by atoms with Gasteiger partial charge in [0.25, 0.3) is 5.91 Å². The molecule has 0 aliphatic carbocycles. The molecular weight excluding hydrogens is 412 g/mol. The van der Waals surface area contributed by atoms with E-state index < -0.39 is 34.3 Å². The van der Waals surface area contributed by atoms with Gasteiger partial charge in [-0.05, 0) is 36.2 Å². The van der Waals surface area contributed by atoms with E-state index in [-0.39, 0.29) is 22.2 Å². The second-order valence-corrected chi connectivity index (χ2v) is 7.08. The summed E-state index contributed by atoms with van der Waals surface area (Å²) in [6.45, 7) is 3.42. The van der Waals surface area contributed by atoms with E-state index in [0.29, 0.717) is 5.02 Å². The molecule has 2 rings (SSSR count). The first-order valence-electron chi connectivity index (χ1n) is 8.11. The molecule has 0 bridgehead atoms. The topological polar surface area (TPSA) is 101 Å². The number of hydrogen-bond acceptors (Lipinski definition) is 4. The van der Waals surface area contributed by atoms with Gasteiger partial charge in [0.2, 0.25) is 11.7 Å². The van der Waals surface area contributed by atoms with Gasteiger partial charge >= 0.3 is 5.69 Å². The van der Waals surface area contributed by atoms with E-state index >= 15 is 0 Å². The van der Waals surface area contributed by atoms with Crippen molar-refractivity contribution in [2.75, 3.05) is 5.32 Å². The third-order valence-electron chi connectivity index (χ3n) is 3.82. The van der Waals surface area contributed by atoms with Gasteiger partial charge in [-0.2, -0.15) is 4.39 Å². The van der Waals surface area contributed by atoms with Gasteiger partial charge in [0.05, 0.1) is 15.5 Å². The van der Waals surface area contributed by atoms with E-state index in [0.717, 1.165) is 12.1 Å². The fraction of sp³-hybridized carbons (Fsp3) is 0.222. The van der Waals surface area contributed by atoms with Gasteiger partial charge in [0, 0.05) is 16.8 Å². The first-order chi connectivity index (χ1) is 13.1. The maximum atomic E-state index is 13.4. The lowest BCUT2D eigenvalue weighted by atomic mass is 10.0. The summed E-state index contributed by atoms with van der Waals surface area (Å²) < 4.78 is 13.4. The van der Waals surface area contributed by atoms with Crippen LogP contribution in [0.25, 0.3) is 0 Å². The van der Waals surface area contributed by atoms with E-state index in [1.54, 1.807) is 13.8 Å². The molecule has 2 N–H and O–H groups in total. The molecule has 148 valence electrons. The van der Waals surface area contributed by atoms with Crippen LogP contribution in [0.15, 0.2) is 36.4 Å². The number of nitrogens with one attached hydrogen (secondary N) is 2. The molecule has 10 heteroatoms. The zero-order valence-corrected chi connectivity index (χ0v) is 16.3. The number of carbonyl (C=O) groups is 2. The molecule has 0 fully saturated rings. The average molecular weight is 428 g/mol. The number of amides is 2. The number of nitrogens with zero attached hydrogens (tertiary/aromatic N) is 1. The van der Waals surface area contributed by atoms with Crippen LogP contribution < -0.4 is 10.6 Å². The van der Waals surface area contributed by atoms with Gasteiger partial charge in [0.1, 0.15) is 6.04 Å². The van der Waals surface area contributed by atoms with Gasteiger partial charge in [-0.25, -0.2) is 0 Å². The van der Waals surface area contributed by atoms with Crippen LogP contribution in [-0.4, -0.2) is 22.8 Å². The van der Waals surface area contributed by atoms with E-state index in [1.165, 1.54) is 24.3 Å². The van der Waals surface area contributed by atoms with Crippen molar-refractivity contribution in [1.29, 1.82) is 0 Å². The van der Waals surface area contributed by atoms with Crippen molar-refractivity contribution in [1.82, 2.24) is 5.32 Å². The highest BCUT2D eigenvalue weighted by Gasteiger charge is 2.26. The Bertz CT molecular complexity index is 937. The number of halogens is 3. The summed E-state index contributed by atoms with van der Waals surface area (Å²) in [7, 11) is 0. The first-order valence-corrected chi connectivity index (χ1v) is 8.86. The van der Waals surface area contributed by atoms with Gasteiger partial charge in [-0.1, -0.05) is 37.0 Å². The number of nitro groups is 1. The molecular formula is C18H16Cl2FN3O4. The van der Waals surface area contributed by atoms with Crippen molar-refractivity contribution in [3.8, 4) is 0 Å². The fourth-order valence-electron chi connectivity index (χ4n) is 2.38. The van der Waals surface area contributed by atoms with Crippen LogP contribution in [-0.2, 0) is 4.79 Å². The van der Waals surface area contributed by atoms with Gasteiger partial charge < -0.3 is 10.6 Å². The lowest BCUT2D eigenvalue weighted by Crippen LogP contribution is -2.47. The summed E-state index contributed by atoms with van der Waals surface area (Å²) in [5, 5.41) is 16.3. The summed E-state index contributed by atoms with van der Waals surface area (Å²) in [5.41, 5.74) is -0.597. The number of anilines is 1. The highest BCUT2D eigenvalue weighted by molar-refractivity contribution is 6.36. The normalized spacial score (nSPS) is 11.8. The Morgan fingerprint density at radius 1 is 1.14 bits per heavy atom. The molecule has 0 radical (unpaired) electrons. The third-order valence-corrected chi connectivity index (χ3v) is 4.37. The molecule has 2 aromatic carbocycles. The van der Waals surface area contributed by atoms with Crippen molar-refractivity contribution < 1.29 is 18.9 Å². The molecule has 0 unspecified atom stereocenters. The van der Waals surface area contributed by atoms with E-state index in [1.807, 2.05) is 0 Å². The number of rotatable bonds is 6. The maximum absolute atomic E-state index is 13.4. The van der Waals surface area contributed by atoms with E-state index in [4.69, 9.17) is 23.2 Å². The Morgan fingerprint density at radius 3 is 2.39 bits per heavy atom. The second kappa shape index (κ2) is 8.99. The molecule has 1 atom stereocenters. The predicted molar refractivity (Wildman–Crippen MR) is 104 cm³/mol. The van der Waals surface area contributed by atoms with Crippen molar-refractivity contribution in [2.45, 2.75) is 19.9 Å². The summed E-state index contributed by atoms with van der Waals surface area (Å²) in [6, 6.07) is 6.33. The van der Waals surface area contributed by atoms with Crippen molar-refractivity contribution in [3.05, 3.63) is 67.9 Å². The molecule has 0 aliphatic heterocycles. The Kier molecular flexibility index (Phi) is 6.93. The largest absolute Gasteiger partial charge is 0.340 e. The molecule has 0 aromatic heterocycles. The first kappa shape index (κ1) is 21.6. The number of carbonyl (C=O) groups excluding carboxylic acids is 2. The maximum Gasteiger partial charge on any atom is 0.306 e. The third kappa shape index (κ3) is 5.17. The highest BCUT2D eigenvalue weighted by atomic mass is 35.5. The lowest BCUT2D eigenvalue weighted by molar-refractivity contribution is -0.387. The van der Waals surface area contributed by atoms with Crippen LogP contribution >= 0.6 is 23.2 Å². The number of hydrogen-bond donors (Lipinski definition) is 2. The monoisotopic (exact) mass is 427 g/mol. The van der Waals surface area contributed by atoms with Crippen LogP contribution in [0, 0.1) is 21.8 Å². The van der Waals surface area contributed by atoms with Crippen LogP contribution in [0.4, 0.5) is 15.8 Å². The molecule has 0 heterocycles. The zero-order valence-electron chi connectivity index (χ0n) is 14.8. The smallest absolute Gasteiger partial charge is 0.306 e. The predicted octanol–water partition coefficient (Wildman–Crippen LogP) is 4.43. The number of benzene rings is 2. The minimum Gasteiger partial charge on any atom is -0.340 e. The second-order valence-electron chi connectivity index (χ2n) is 6.23. The van der Waals surface area contributed by atoms with Crippen molar-refractivity contribution in [2.24, 2.45) is 5.92 Å². The summed E-state index contributed by atoms with van der Waals surface area (Å²) in [5.74, 6) is -2.53. The molecule has 0 saturated heterocycles. The summed E-state index contributed by atoms with van der Waals surface area (Å²) in [6.07, 6.45) is 0. The van der Waals surface area contributed by atoms with Gasteiger partial charge in [0.15, 0.2) is 0 Å². The average Bonchev–Trinajstić information content (AvgIpc) is 2.60. The molecule has 2 amide bonds. The minimum absolute atomic E-state index is 0.0301. The molecule has 0 saturated carbocycles. The van der Waals surface area contributed by atoms with Gasteiger partial charge in [-0.15, -0.1) is 0 Å². The molecule has 7 nitrogen and oxygen atoms in total. The Hall–Kier alpha value is -2.71. The Balaban J connectivity index is 2.19. The van der Waals surface area contributed by atoms with Crippen LogP contribution in [0.5, 0.6) is 0 Å². The SMILES string of the molecule is CC(C)[C@H](NC(=O)c1ccc(Cl)cc1Cl)C(=O)Nc1ccc(F)c([N+](=O)[O-])c1. The quantitative estimate of drug-likeness (QED) is 0.525. The zero-order chi connectivity index (χ0) is 21.0. The molecule has 2 aromatic rings. The Labute approximate surface area is 170 Å². The molecule has 0 spiro atoms. The van der Waals surface area contributed by atoms with Crippen molar-refractivity contribution >= 4 is 46.4 Å². The summed E-state index contributed by atoms with van der Waals surface area (Å²) >= 11 is 11.8. The Morgan fingerprint density at radius 2 is 1.82 bits per heavy atom. The van der Waals surface area contributed by atoms with E-state index in [9.17, 15) is 24.1 Å². The highest BCUT2D eigenvalue weighted by Crippen LogP contribution is 2.23. The van der Waals surface area contributed by atoms with Gasteiger partial charge in [-0.3, -0.25) is 19.7 Å². The minimum atomic E-state index is -1.02. The molecule has 0 aliphatic rings.